The van der Waals surface area contributed by atoms with Crippen molar-refractivity contribution in [2.24, 2.45) is 5.92 Å². The number of rotatable bonds is 8. The zero-order valence-electron chi connectivity index (χ0n) is 16.6. The zero-order chi connectivity index (χ0) is 19.9. The Kier molecular flexibility index (Phi) is 6.55. The summed E-state index contributed by atoms with van der Waals surface area (Å²) in [4.78, 5) is 13.3. The smallest absolute Gasteiger partial charge is 0.225 e. The van der Waals surface area contributed by atoms with E-state index < -0.39 is 0 Å². The Bertz CT molecular complexity index is 898. The van der Waals surface area contributed by atoms with Crippen molar-refractivity contribution in [3.05, 3.63) is 66.0 Å². The van der Waals surface area contributed by atoms with Gasteiger partial charge in [-0.25, -0.2) is 4.98 Å². The molecule has 2 aromatic heterocycles. The lowest BCUT2D eigenvalue weighted by molar-refractivity contribution is 0.248. The number of nitrogens with one attached hydrogen (secondary N) is 2. The van der Waals surface area contributed by atoms with Gasteiger partial charge in [0.05, 0.1) is 18.3 Å². The van der Waals surface area contributed by atoms with Crippen molar-refractivity contribution >= 4 is 11.8 Å². The molecule has 0 radical (unpaired) electrons. The fourth-order valence-electron chi connectivity index (χ4n) is 2.86. The summed E-state index contributed by atoms with van der Waals surface area (Å²) in [5.74, 6) is 1.48. The van der Waals surface area contributed by atoms with E-state index >= 15 is 0 Å². The molecule has 0 fully saturated rings. The van der Waals surface area contributed by atoms with Crippen molar-refractivity contribution in [1.82, 2.24) is 15.0 Å². The van der Waals surface area contributed by atoms with E-state index in [0.717, 1.165) is 17.1 Å². The van der Waals surface area contributed by atoms with Crippen molar-refractivity contribution < 1.29 is 5.11 Å². The van der Waals surface area contributed by atoms with E-state index in [0.29, 0.717) is 12.5 Å². The van der Waals surface area contributed by atoms with Crippen LogP contribution in [0.2, 0.25) is 0 Å². The average molecular weight is 377 g/mol. The maximum absolute atomic E-state index is 9.65. The van der Waals surface area contributed by atoms with Gasteiger partial charge in [-0.3, -0.25) is 4.98 Å². The molecule has 6 heteroatoms. The molecule has 6 nitrogen and oxygen atoms in total. The Morgan fingerprint density at radius 3 is 2.46 bits per heavy atom. The topological polar surface area (TPSA) is 83.0 Å². The third-order valence-electron chi connectivity index (χ3n) is 4.74. The van der Waals surface area contributed by atoms with E-state index in [4.69, 9.17) is 0 Å². The molecule has 0 unspecified atom stereocenters. The minimum atomic E-state index is -0.114. The third kappa shape index (κ3) is 5.04. The molecule has 3 rings (SSSR count). The Labute approximate surface area is 166 Å². The molecular formula is C22H27N5O. The second kappa shape index (κ2) is 9.28. The number of pyridine rings is 1. The molecule has 1 atom stereocenters. The summed E-state index contributed by atoms with van der Waals surface area (Å²) in [6, 6.07) is 13.9. The molecule has 0 aliphatic carbocycles. The molecule has 1 aromatic carbocycles. The lowest BCUT2D eigenvalue weighted by atomic mass is 10.1. The first-order chi connectivity index (χ1) is 13.6. The molecule has 0 aliphatic heterocycles. The number of aryl methyl sites for hydroxylation is 1. The van der Waals surface area contributed by atoms with Crippen LogP contribution in [0.15, 0.2) is 54.9 Å². The number of hydrogen-bond acceptors (Lipinski definition) is 6. The highest BCUT2D eigenvalue weighted by molar-refractivity contribution is 5.64. The van der Waals surface area contributed by atoms with Gasteiger partial charge in [0, 0.05) is 30.6 Å². The van der Waals surface area contributed by atoms with Crippen LogP contribution < -0.4 is 10.6 Å². The number of aliphatic hydroxyl groups is 1. The maximum atomic E-state index is 9.65. The highest BCUT2D eigenvalue weighted by Gasteiger charge is 2.15. The fourth-order valence-corrected chi connectivity index (χ4v) is 2.86. The molecule has 0 aliphatic rings. The van der Waals surface area contributed by atoms with Crippen molar-refractivity contribution in [3.8, 4) is 11.3 Å². The highest BCUT2D eigenvalue weighted by Crippen LogP contribution is 2.22. The van der Waals surface area contributed by atoms with Gasteiger partial charge < -0.3 is 15.7 Å². The molecule has 146 valence electrons. The van der Waals surface area contributed by atoms with Gasteiger partial charge in [-0.2, -0.15) is 4.98 Å². The van der Waals surface area contributed by atoms with E-state index in [-0.39, 0.29) is 18.6 Å². The third-order valence-corrected chi connectivity index (χ3v) is 4.74. The normalized spacial score (nSPS) is 12.0. The maximum Gasteiger partial charge on any atom is 0.225 e. The number of aromatic nitrogens is 3. The standard InChI is InChI=1S/C22H27N5O/c1-15(2)20(14-28)26-22-25-19(17-8-10-23-11-9-17)12-21(27-22)24-13-18-7-5-4-6-16(18)3/h4-12,15,20,28H,13-14H2,1-3H3,(H2,24,25,26,27)/t20-/m0/s1. The minimum Gasteiger partial charge on any atom is -0.394 e. The molecule has 28 heavy (non-hydrogen) atoms. The van der Waals surface area contributed by atoms with Crippen LogP contribution in [0.4, 0.5) is 11.8 Å². The van der Waals surface area contributed by atoms with Gasteiger partial charge in [-0.15, -0.1) is 0 Å². The van der Waals surface area contributed by atoms with Crippen LogP contribution in [-0.4, -0.2) is 32.7 Å². The molecule has 0 saturated carbocycles. The molecule has 0 spiro atoms. The Balaban J connectivity index is 1.89. The van der Waals surface area contributed by atoms with Gasteiger partial charge in [0.25, 0.3) is 0 Å². The number of anilines is 2. The van der Waals surface area contributed by atoms with Crippen LogP contribution in [0.5, 0.6) is 0 Å². The van der Waals surface area contributed by atoms with Gasteiger partial charge in [-0.05, 0) is 36.1 Å². The zero-order valence-corrected chi connectivity index (χ0v) is 16.6. The minimum absolute atomic E-state index is 0.0203. The van der Waals surface area contributed by atoms with Gasteiger partial charge in [0.1, 0.15) is 5.82 Å². The van der Waals surface area contributed by atoms with Gasteiger partial charge in [0.15, 0.2) is 0 Å². The summed E-state index contributed by atoms with van der Waals surface area (Å²) in [6.07, 6.45) is 3.49. The molecular weight excluding hydrogens is 350 g/mol. The Morgan fingerprint density at radius 2 is 1.79 bits per heavy atom. The van der Waals surface area contributed by atoms with Crippen LogP contribution in [0.25, 0.3) is 11.3 Å². The van der Waals surface area contributed by atoms with Crippen LogP contribution in [0.3, 0.4) is 0 Å². The Hall–Kier alpha value is -2.99. The molecule has 3 N–H and O–H groups in total. The number of hydrogen-bond donors (Lipinski definition) is 3. The van der Waals surface area contributed by atoms with Crippen LogP contribution >= 0.6 is 0 Å². The first-order valence-electron chi connectivity index (χ1n) is 9.52. The van der Waals surface area contributed by atoms with Crippen molar-refractivity contribution in [2.75, 3.05) is 17.2 Å². The summed E-state index contributed by atoms with van der Waals surface area (Å²) in [7, 11) is 0. The van der Waals surface area contributed by atoms with E-state index in [9.17, 15) is 5.11 Å². The summed E-state index contributed by atoms with van der Waals surface area (Å²) in [5.41, 5.74) is 4.21. The summed E-state index contributed by atoms with van der Waals surface area (Å²) in [6.45, 7) is 6.90. The predicted molar refractivity (Wildman–Crippen MR) is 113 cm³/mol. The average Bonchev–Trinajstić information content (AvgIpc) is 2.71. The summed E-state index contributed by atoms with van der Waals surface area (Å²) < 4.78 is 0. The van der Waals surface area contributed by atoms with Crippen LogP contribution in [-0.2, 0) is 6.54 Å². The quantitative estimate of drug-likeness (QED) is 0.552. The molecule has 2 heterocycles. The largest absolute Gasteiger partial charge is 0.394 e. The number of benzene rings is 1. The molecule has 0 bridgehead atoms. The fraction of sp³-hybridized carbons (Fsp3) is 0.318. The second-order valence-corrected chi connectivity index (χ2v) is 7.16. The van der Waals surface area contributed by atoms with E-state index in [1.165, 1.54) is 11.1 Å². The highest BCUT2D eigenvalue weighted by atomic mass is 16.3. The van der Waals surface area contributed by atoms with Crippen molar-refractivity contribution in [3.63, 3.8) is 0 Å². The lowest BCUT2D eigenvalue weighted by Crippen LogP contribution is -2.30. The molecule has 0 saturated heterocycles. The molecule has 3 aromatic rings. The van der Waals surface area contributed by atoms with Gasteiger partial charge in [-0.1, -0.05) is 38.1 Å². The first-order valence-corrected chi connectivity index (χ1v) is 9.52. The number of nitrogens with zero attached hydrogens (tertiary/aromatic N) is 3. The lowest BCUT2D eigenvalue weighted by Gasteiger charge is -2.20. The Morgan fingerprint density at radius 1 is 1.04 bits per heavy atom. The second-order valence-electron chi connectivity index (χ2n) is 7.16. The van der Waals surface area contributed by atoms with Gasteiger partial charge in [0.2, 0.25) is 5.95 Å². The van der Waals surface area contributed by atoms with Gasteiger partial charge >= 0.3 is 0 Å². The summed E-state index contributed by atoms with van der Waals surface area (Å²) in [5, 5.41) is 16.3. The number of aliphatic hydroxyl groups excluding tert-OH is 1. The van der Waals surface area contributed by atoms with E-state index in [1.807, 2.05) is 30.3 Å². The van der Waals surface area contributed by atoms with Crippen LogP contribution in [0, 0.1) is 12.8 Å². The molecule has 0 amide bonds. The first kappa shape index (κ1) is 19.8. The van der Waals surface area contributed by atoms with Crippen molar-refractivity contribution in [1.29, 1.82) is 0 Å². The summed E-state index contributed by atoms with van der Waals surface area (Å²) >= 11 is 0. The van der Waals surface area contributed by atoms with Crippen molar-refractivity contribution in [2.45, 2.75) is 33.4 Å². The monoisotopic (exact) mass is 377 g/mol. The predicted octanol–water partition coefficient (Wildman–Crippen LogP) is 3.89. The van der Waals surface area contributed by atoms with Crippen LogP contribution in [0.1, 0.15) is 25.0 Å². The van der Waals surface area contributed by atoms with E-state index in [1.54, 1.807) is 12.4 Å². The SMILES string of the molecule is Cc1ccccc1CNc1cc(-c2ccncc2)nc(N[C@@H](CO)C(C)C)n1. The van der Waals surface area contributed by atoms with E-state index in [2.05, 4.69) is 58.5 Å².